The van der Waals surface area contributed by atoms with Gasteiger partial charge in [-0.3, -0.25) is 4.79 Å². The fourth-order valence-corrected chi connectivity index (χ4v) is 7.11. The van der Waals surface area contributed by atoms with Crippen LogP contribution >= 0.6 is 11.6 Å². The van der Waals surface area contributed by atoms with Crippen LogP contribution in [0.2, 0.25) is 5.02 Å². The standard InChI is InChI=1S/C21H24ClN3O5S2/c22-19-10-9-18(32(29,30)25-13-3-4-14-25)15-20(19)23-21(26)16-5-7-17(8-6-16)31(27,28)24-11-1-2-12-24/h5-10,15H,1-4,11-14H2,(H,23,26). The molecule has 2 saturated heterocycles. The van der Waals surface area contributed by atoms with Gasteiger partial charge in [-0.15, -0.1) is 0 Å². The Hall–Kier alpha value is -1.98. The van der Waals surface area contributed by atoms with Gasteiger partial charge in [-0.25, -0.2) is 16.8 Å². The van der Waals surface area contributed by atoms with Gasteiger partial charge in [-0.2, -0.15) is 8.61 Å². The zero-order valence-electron chi connectivity index (χ0n) is 17.3. The van der Waals surface area contributed by atoms with Crippen molar-refractivity contribution in [3.05, 3.63) is 53.1 Å². The molecule has 0 atom stereocenters. The molecular formula is C21H24ClN3O5S2. The molecule has 0 bridgehead atoms. The maximum Gasteiger partial charge on any atom is 0.255 e. The van der Waals surface area contributed by atoms with Crippen LogP contribution in [0.25, 0.3) is 0 Å². The molecule has 172 valence electrons. The quantitative estimate of drug-likeness (QED) is 0.660. The van der Waals surface area contributed by atoms with Crippen molar-refractivity contribution in [2.24, 2.45) is 0 Å². The minimum atomic E-state index is -3.66. The van der Waals surface area contributed by atoms with Gasteiger partial charge in [0.2, 0.25) is 20.0 Å². The maximum atomic E-state index is 12.8. The molecule has 0 radical (unpaired) electrons. The maximum absolute atomic E-state index is 12.8. The van der Waals surface area contributed by atoms with Crippen molar-refractivity contribution in [1.29, 1.82) is 0 Å². The second kappa shape index (κ2) is 9.11. The van der Waals surface area contributed by atoms with E-state index in [0.29, 0.717) is 26.2 Å². The van der Waals surface area contributed by atoms with E-state index in [1.54, 1.807) is 0 Å². The highest BCUT2D eigenvalue weighted by atomic mass is 35.5. The SMILES string of the molecule is O=C(Nc1cc(S(=O)(=O)N2CCCC2)ccc1Cl)c1ccc(S(=O)(=O)N2CCCC2)cc1. The van der Waals surface area contributed by atoms with E-state index in [9.17, 15) is 21.6 Å². The summed E-state index contributed by atoms with van der Waals surface area (Å²) >= 11 is 6.19. The Kier molecular flexibility index (Phi) is 6.60. The molecule has 8 nitrogen and oxygen atoms in total. The number of halogens is 1. The van der Waals surface area contributed by atoms with Crippen molar-refractivity contribution >= 4 is 43.2 Å². The number of nitrogens with zero attached hydrogens (tertiary/aromatic N) is 2. The number of hydrogen-bond acceptors (Lipinski definition) is 5. The Bertz CT molecular complexity index is 1220. The van der Waals surface area contributed by atoms with E-state index in [4.69, 9.17) is 11.6 Å². The van der Waals surface area contributed by atoms with Crippen LogP contribution in [0, 0.1) is 0 Å². The van der Waals surface area contributed by atoms with Gasteiger partial charge in [0, 0.05) is 31.7 Å². The first-order valence-electron chi connectivity index (χ1n) is 10.4. The molecule has 0 aliphatic carbocycles. The molecule has 1 N–H and O–H groups in total. The summed E-state index contributed by atoms with van der Waals surface area (Å²) < 4.78 is 53.7. The van der Waals surface area contributed by atoms with Crippen molar-refractivity contribution in [1.82, 2.24) is 8.61 Å². The number of sulfonamides is 2. The average molecular weight is 498 g/mol. The molecule has 4 rings (SSSR count). The van der Waals surface area contributed by atoms with E-state index in [1.807, 2.05) is 0 Å². The van der Waals surface area contributed by atoms with Crippen LogP contribution in [0.3, 0.4) is 0 Å². The Morgan fingerprint density at radius 1 is 0.750 bits per heavy atom. The van der Waals surface area contributed by atoms with Gasteiger partial charge in [-0.1, -0.05) is 11.6 Å². The van der Waals surface area contributed by atoms with Crippen molar-refractivity contribution < 1.29 is 21.6 Å². The zero-order chi connectivity index (χ0) is 22.9. The third-order valence-electron chi connectivity index (χ3n) is 5.71. The van der Waals surface area contributed by atoms with E-state index in [-0.39, 0.29) is 26.1 Å². The molecule has 0 aromatic heterocycles. The highest BCUT2D eigenvalue weighted by Gasteiger charge is 2.29. The van der Waals surface area contributed by atoms with Crippen molar-refractivity contribution in [2.75, 3.05) is 31.5 Å². The van der Waals surface area contributed by atoms with Gasteiger partial charge in [-0.05, 0) is 68.1 Å². The van der Waals surface area contributed by atoms with Gasteiger partial charge in [0.05, 0.1) is 20.5 Å². The number of carbonyl (C=O) groups excluding carboxylic acids is 1. The summed E-state index contributed by atoms with van der Waals surface area (Å²) in [5.74, 6) is -0.521. The van der Waals surface area contributed by atoms with Gasteiger partial charge in [0.1, 0.15) is 0 Å². The second-order valence-corrected chi connectivity index (χ2v) is 12.1. The van der Waals surface area contributed by atoms with Crippen molar-refractivity contribution in [3.63, 3.8) is 0 Å². The van der Waals surface area contributed by atoms with Crippen LogP contribution in [0.4, 0.5) is 5.69 Å². The molecule has 2 aromatic rings. The van der Waals surface area contributed by atoms with E-state index in [1.165, 1.54) is 51.1 Å². The Morgan fingerprint density at radius 2 is 1.22 bits per heavy atom. The molecule has 1 amide bonds. The fourth-order valence-electron chi connectivity index (χ4n) is 3.89. The number of anilines is 1. The molecular weight excluding hydrogens is 474 g/mol. The number of rotatable bonds is 6. The first-order chi connectivity index (χ1) is 15.2. The summed E-state index contributed by atoms with van der Waals surface area (Å²) in [5, 5.41) is 2.83. The topological polar surface area (TPSA) is 104 Å². The van der Waals surface area contributed by atoms with Crippen molar-refractivity contribution in [3.8, 4) is 0 Å². The predicted octanol–water partition coefficient (Wildman–Crippen LogP) is 3.16. The number of carbonyl (C=O) groups is 1. The monoisotopic (exact) mass is 497 g/mol. The van der Waals surface area contributed by atoms with Gasteiger partial charge >= 0.3 is 0 Å². The lowest BCUT2D eigenvalue weighted by atomic mass is 10.2. The summed E-state index contributed by atoms with van der Waals surface area (Å²) in [6, 6.07) is 9.86. The minimum Gasteiger partial charge on any atom is -0.321 e. The van der Waals surface area contributed by atoms with E-state index >= 15 is 0 Å². The molecule has 0 unspecified atom stereocenters. The van der Waals surface area contributed by atoms with Crippen molar-refractivity contribution in [2.45, 2.75) is 35.5 Å². The van der Waals surface area contributed by atoms with Crippen LogP contribution in [0.15, 0.2) is 52.3 Å². The summed E-state index contributed by atoms with van der Waals surface area (Å²) in [6.45, 7) is 1.94. The molecule has 2 aliphatic rings. The molecule has 0 saturated carbocycles. The smallest absolute Gasteiger partial charge is 0.255 e. The van der Waals surface area contributed by atoms with E-state index in [0.717, 1.165) is 25.7 Å². The first-order valence-corrected chi connectivity index (χ1v) is 13.7. The molecule has 11 heteroatoms. The molecule has 32 heavy (non-hydrogen) atoms. The second-order valence-electron chi connectivity index (χ2n) is 7.84. The van der Waals surface area contributed by atoms with Gasteiger partial charge in [0.15, 0.2) is 0 Å². The predicted molar refractivity (Wildman–Crippen MR) is 122 cm³/mol. The molecule has 2 heterocycles. The lowest BCUT2D eigenvalue weighted by Gasteiger charge is -2.17. The fraction of sp³-hybridized carbons (Fsp3) is 0.381. The van der Waals surface area contributed by atoms with Gasteiger partial charge in [0.25, 0.3) is 5.91 Å². The summed E-state index contributed by atoms with van der Waals surface area (Å²) in [5.41, 5.74) is 0.403. The number of benzene rings is 2. The molecule has 2 aliphatic heterocycles. The van der Waals surface area contributed by atoms with Crippen LogP contribution in [0.5, 0.6) is 0 Å². The molecule has 0 spiro atoms. The van der Waals surface area contributed by atoms with Crippen LogP contribution < -0.4 is 5.32 Å². The third kappa shape index (κ3) is 4.55. The number of amides is 1. The number of hydrogen-bond donors (Lipinski definition) is 1. The summed E-state index contributed by atoms with van der Waals surface area (Å²) in [6.07, 6.45) is 3.32. The van der Waals surface area contributed by atoms with Crippen LogP contribution in [-0.2, 0) is 20.0 Å². The van der Waals surface area contributed by atoms with E-state index < -0.39 is 26.0 Å². The number of nitrogens with one attached hydrogen (secondary N) is 1. The normalized spacial score (nSPS) is 18.2. The summed E-state index contributed by atoms with van der Waals surface area (Å²) in [4.78, 5) is 12.9. The Morgan fingerprint density at radius 3 is 1.75 bits per heavy atom. The largest absolute Gasteiger partial charge is 0.321 e. The van der Waals surface area contributed by atoms with Crippen LogP contribution in [0.1, 0.15) is 36.0 Å². The summed E-state index contributed by atoms with van der Waals surface area (Å²) in [7, 11) is -7.22. The molecule has 2 aromatic carbocycles. The highest BCUT2D eigenvalue weighted by molar-refractivity contribution is 7.89. The molecule has 2 fully saturated rings. The highest BCUT2D eigenvalue weighted by Crippen LogP contribution is 2.29. The van der Waals surface area contributed by atoms with Gasteiger partial charge < -0.3 is 5.32 Å². The average Bonchev–Trinajstić information content (AvgIpc) is 3.50. The lowest BCUT2D eigenvalue weighted by Crippen LogP contribution is -2.28. The third-order valence-corrected chi connectivity index (χ3v) is 9.85. The lowest BCUT2D eigenvalue weighted by molar-refractivity contribution is 0.102. The van der Waals surface area contributed by atoms with Crippen LogP contribution in [-0.4, -0.2) is 57.5 Å². The van der Waals surface area contributed by atoms with E-state index in [2.05, 4.69) is 5.32 Å². The Balaban J connectivity index is 1.52. The zero-order valence-corrected chi connectivity index (χ0v) is 19.7. The first kappa shape index (κ1) is 23.2. The Labute approximate surface area is 193 Å². The minimum absolute atomic E-state index is 0.0613.